The number of aryl methyl sites for hydroxylation is 1. The van der Waals surface area contributed by atoms with E-state index < -0.39 is 5.50 Å². The fraction of sp³-hybridized carbons (Fsp3) is 0.222. The van der Waals surface area contributed by atoms with Crippen LogP contribution in [0.5, 0.6) is 0 Å². The van der Waals surface area contributed by atoms with E-state index in [0.717, 1.165) is 5.56 Å². The number of hydrogen-bond donors (Lipinski definition) is 1. The Kier molecular flexibility index (Phi) is 2.84. The lowest BCUT2D eigenvalue weighted by Gasteiger charge is -2.04. The first kappa shape index (κ1) is 9.23. The molecule has 3 heteroatoms. The maximum Gasteiger partial charge on any atom is 0.194 e. The monoisotopic (exact) mass is 183 g/mol. The van der Waals surface area contributed by atoms with E-state index in [9.17, 15) is 4.79 Å². The van der Waals surface area contributed by atoms with Crippen LogP contribution in [0.15, 0.2) is 24.3 Å². The molecular weight excluding hydrogens is 174 g/mol. The van der Waals surface area contributed by atoms with Crippen LogP contribution in [0.4, 0.5) is 0 Å². The predicted molar refractivity (Wildman–Crippen MR) is 49.3 cm³/mol. The summed E-state index contributed by atoms with van der Waals surface area (Å²) in [4.78, 5) is 11.3. The first-order valence-electron chi connectivity index (χ1n) is 3.62. The van der Waals surface area contributed by atoms with Crippen LogP contribution < -0.4 is 5.73 Å². The fourth-order valence-electron chi connectivity index (χ4n) is 0.998. The van der Waals surface area contributed by atoms with Gasteiger partial charge in [0, 0.05) is 5.56 Å². The Morgan fingerprint density at radius 3 is 2.58 bits per heavy atom. The Balaban J connectivity index is 3.03. The van der Waals surface area contributed by atoms with Gasteiger partial charge in [0.2, 0.25) is 0 Å². The second kappa shape index (κ2) is 3.70. The number of hydrogen-bond acceptors (Lipinski definition) is 2. The number of ketones is 1. The topological polar surface area (TPSA) is 43.1 Å². The van der Waals surface area contributed by atoms with Crippen molar-refractivity contribution in [2.24, 2.45) is 5.73 Å². The van der Waals surface area contributed by atoms with E-state index >= 15 is 0 Å². The van der Waals surface area contributed by atoms with Gasteiger partial charge < -0.3 is 5.73 Å². The SMILES string of the molecule is Cc1ccccc1C(=O)C(N)Cl. The molecule has 0 saturated heterocycles. The van der Waals surface area contributed by atoms with E-state index in [1.54, 1.807) is 12.1 Å². The van der Waals surface area contributed by atoms with Gasteiger partial charge in [0.15, 0.2) is 5.78 Å². The van der Waals surface area contributed by atoms with Crippen LogP contribution in [-0.2, 0) is 0 Å². The number of Topliss-reactive ketones (excluding diaryl/α,β-unsaturated/α-hetero) is 1. The molecule has 0 heterocycles. The molecule has 0 aliphatic rings. The molecule has 1 unspecified atom stereocenters. The summed E-state index contributed by atoms with van der Waals surface area (Å²) in [6.07, 6.45) is 0. The average molecular weight is 184 g/mol. The minimum Gasteiger partial charge on any atom is -0.309 e. The van der Waals surface area contributed by atoms with Crippen molar-refractivity contribution < 1.29 is 4.79 Å². The molecule has 0 aliphatic heterocycles. The minimum atomic E-state index is -0.939. The summed E-state index contributed by atoms with van der Waals surface area (Å²) in [5.74, 6) is -0.227. The number of carbonyl (C=O) groups is 1. The second-order valence-electron chi connectivity index (χ2n) is 2.58. The van der Waals surface area contributed by atoms with Crippen molar-refractivity contribution in [2.75, 3.05) is 0 Å². The lowest BCUT2D eigenvalue weighted by molar-refractivity contribution is 0.0988. The van der Waals surface area contributed by atoms with Gasteiger partial charge >= 0.3 is 0 Å². The molecule has 1 aromatic rings. The largest absolute Gasteiger partial charge is 0.309 e. The first-order chi connectivity index (χ1) is 5.63. The zero-order valence-corrected chi connectivity index (χ0v) is 7.51. The quantitative estimate of drug-likeness (QED) is 0.431. The van der Waals surface area contributed by atoms with E-state index in [2.05, 4.69) is 0 Å². The van der Waals surface area contributed by atoms with Crippen LogP contribution >= 0.6 is 11.6 Å². The highest BCUT2D eigenvalue weighted by Gasteiger charge is 2.13. The van der Waals surface area contributed by atoms with Crippen molar-refractivity contribution in [1.29, 1.82) is 0 Å². The van der Waals surface area contributed by atoms with Crippen LogP contribution in [0.2, 0.25) is 0 Å². The zero-order chi connectivity index (χ0) is 9.14. The molecule has 0 fully saturated rings. The summed E-state index contributed by atoms with van der Waals surface area (Å²) in [6.45, 7) is 1.85. The van der Waals surface area contributed by atoms with E-state index in [1.165, 1.54) is 0 Å². The molecule has 0 amide bonds. The van der Waals surface area contributed by atoms with Crippen molar-refractivity contribution in [2.45, 2.75) is 12.4 Å². The zero-order valence-electron chi connectivity index (χ0n) is 6.75. The van der Waals surface area contributed by atoms with E-state index in [4.69, 9.17) is 17.3 Å². The number of halogens is 1. The number of carbonyl (C=O) groups excluding carboxylic acids is 1. The highest BCUT2D eigenvalue weighted by Crippen LogP contribution is 2.10. The third-order valence-corrected chi connectivity index (χ3v) is 1.86. The molecule has 1 atom stereocenters. The summed E-state index contributed by atoms with van der Waals surface area (Å²) in [5, 5.41) is 0. The molecule has 0 aromatic heterocycles. The van der Waals surface area contributed by atoms with Crippen molar-refractivity contribution >= 4 is 17.4 Å². The molecule has 1 aromatic carbocycles. The number of nitrogens with two attached hydrogens (primary N) is 1. The van der Waals surface area contributed by atoms with Gasteiger partial charge in [0.1, 0.15) is 5.50 Å². The van der Waals surface area contributed by atoms with Gasteiger partial charge in [0.25, 0.3) is 0 Å². The van der Waals surface area contributed by atoms with Gasteiger partial charge in [-0.25, -0.2) is 0 Å². The average Bonchev–Trinajstić information content (AvgIpc) is 2.04. The van der Waals surface area contributed by atoms with Crippen molar-refractivity contribution in [3.05, 3.63) is 35.4 Å². The molecule has 0 spiro atoms. The van der Waals surface area contributed by atoms with Crippen LogP contribution in [0, 0.1) is 6.92 Å². The second-order valence-corrected chi connectivity index (χ2v) is 3.05. The molecule has 0 radical (unpaired) electrons. The molecule has 0 bridgehead atoms. The highest BCUT2D eigenvalue weighted by molar-refractivity contribution is 6.33. The van der Waals surface area contributed by atoms with Crippen molar-refractivity contribution in [1.82, 2.24) is 0 Å². The summed E-state index contributed by atoms with van der Waals surface area (Å²) in [5.41, 5.74) is 5.81. The molecule has 12 heavy (non-hydrogen) atoms. The van der Waals surface area contributed by atoms with Gasteiger partial charge in [-0.3, -0.25) is 4.79 Å². The standard InChI is InChI=1S/C9H10ClNO/c1-6-4-2-3-5-7(6)8(12)9(10)11/h2-5,9H,11H2,1H3. The summed E-state index contributed by atoms with van der Waals surface area (Å²) >= 11 is 5.46. The minimum absolute atomic E-state index is 0.227. The Hall–Kier alpha value is -0.860. The number of alkyl halides is 1. The van der Waals surface area contributed by atoms with E-state index in [1.807, 2.05) is 19.1 Å². The van der Waals surface area contributed by atoms with Gasteiger partial charge in [-0.15, -0.1) is 0 Å². The lowest BCUT2D eigenvalue weighted by atomic mass is 10.1. The third kappa shape index (κ3) is 1.84. The van der Waals surface area contributed by atoms with Gasteiger partial charge in [0.05, 0.1) is 0 Å². The smallest absolute Gasteiger partial charge is 0.194 e. The summed E-state index contributed by atoms with van der Waals surface area (Å²) < 4.78 is 0. The van der Waals surface area contributed by atoms with Crippen molar-refractivity contribution in [3.8, 4) is 0 Å². The molecular formula is C9H10ClNO. The molecule has 0 aliphatic carbocycles. The maximum atomic E-state index is 11.3. The Bertz CT molecular complexity index is 296. The number of benzene rings is 1. The summed E-state index contributed by atoms with van der Waals surface area (Å²) in [6, 6.07) is 7.23. The Labute approximate surface area is 76.3 Å². The van der Waals surface area contributed by atoms with E-state index in [0.29, 0.717) is 5.56 Å². The van der Waals surface area contributed by atoms with Gasteiger partial charge in [-0.05, 0) is 12.5 Å². The highest BCUT2D eigenvalue weighted by atomic mass is 35.5. The van der Waals surface area contributed by atoms with Crippen molar-refractivity contribution in [3.63, 3.8) is 0 Å². The van der Waals surface area contributed by atoms with Crippen LogP contribution in [0.25, 0.3) is 0 Å². The fourth-order valence-corrected chi connectivity index (χ4v) is 1.12. The molecule has 64 valence electrons. The first-order valence-corrected chi connectivity index (χ1v) is 4.06. The number of rotatable bonds is 2. The molecule has 2 N–H and O–H groups in total. The predicted octanol–water partition coefficient (Wildman–Crippen LogP) is 1.70. The van der Waals surface area contributed by atoms with Crippen LogP contribution in [-0.4, -0.2) is 11.3 Å². The Morgan fingerprint density at radius 1 is 1.50 bits per heavy atom. The van der Waals surface area contributed by atoms with Crippen LogP contribution in [0.3, 0.4) is 0 Å². The van der Waals surface area contributed by atoms with E-state index in [-0.39, 0.29) is 5.78 Å². The van der Waals surface area contributed by atoms with Gasteiger partial charge in [-0.2, -0.15) is 0 Å². The summed E-state index contributed by atoms with van der Waals surface area (Å²) in [7, 11) is 0. The van der Waals surface area contributed by atoms with Gasteiger partial charge in [-0.1, -0.05) is 35.9 Å². The molecule has 2 nitrogen and oxygen atoms in total. The lowest BCUT2D eigenvalue weighted by Crippen LogP contribution is -2.24. The maximum absolute atomic E-state index is 11.3. The third-order valence-electron chi connectivity index (χ3n) is 1.66. The molecule has 1 rings (SSSR count). The normalized spacial score (nSPS) is 12.6. The van der Waals surface area contributed by atoms with Crippen LogP contribution in [0.1, 0.15) is 15.9 Å². The Morgan fingerprint density at radius 2 is 2.08 bits per heavy atom. The molecule has 0 saturated carbocycles.